The molecule has 1 fully saturated rings. The first-order valence-electron chi connectivity index (χ1n) is 6.21. The van der Waals surface area contributed by atoms with Gasteiger partial charge in [0.1, 0.15) is 12.6 Å². The molecule has 1 rings (SSSR count). The van der Waals surface area contributed by atoms with E-state index in [4.69, 9.17) is 0 Å². The Hall–Kier alpha value is -1.35. The molecule has 2 amide bonds. The van der Waals surface area contributed by atoms with Gasteiger partial charge in [0.15, 0.2) is 0 Å². The molecule has 0 bridgehead atoms. The van der Waals surface area contributed by atoms with Crippen molar-refractivity contribution in [2.24, 2.45) is 0 Å². The third kappa shape index (κ3) is 5.33. The fraction of sp³-hybridized carbons (Fsp3) is 0.818. The number of alkyl halides is 3. The standard InChI is InChI=1S/C11H18F3N3O3/c1-15-10(19)8-6-16-3-4-17(8)9(18)2-5-20-7-11(12,13)14/h8,16H,2-7H2,1H3,(H,15,19). The van der Waals surface area contributed by atoms with Crippen LogP contribution in [0.1, 0.15) is 6.42 Å². The molecule has 0 radical (unpaired) electrons. The first-order chi connectivity index (χ1) is 9.35. The number of nitrogens with zero attached hydrogens (tertiary/aromatic N) is 1. The normalized spacial score (nSPS) is 19.8. The lowest BCUT2D eigenvalue weighted by atomic mass is 10.1. The summed E-state index contributed by atoms with van der Waals surface area (Å²) in [4.78, 5) is 24.9. The number of piperazine rings is 1. The number of carbonyl (C=O) groups excluding carboxylic acids is 2. The maximum absolute atomic E-state index is 11.9. The number of nitrogens with one attached hydrogen (secondary N) is 2. The number of halogens is 3. The van der Waals surface area contributed by atoms with Crippen molar-refractivity contribution in [1.82, 2.24) is 15.5 Å². The van der Waals surface area contributed by atoms with Crippen molar-refractivity contribution >= 4 is 11.8 Å². The molecular formula is C11H18F3N3O3. The van der Waals surface area contributed by atoms with E-state index in [0.29, 0.717) is 19.6 Å². The second-order valence-corrected chi connectivity index (χ2v) is 4.34. The maximum Gasteiger partial charge on any atom is 0.411 e. The highest BCUT2D eigenvalue weighted by Gasteiger charge is 2.31. The molecular weight excluding hydrogens is 279 g/mol. The van der Waals surface area contributed by atoms with Crippen LogP contribution in [0.25, 0.3) is 0 Å². The van der Waals surface area contributed by atoms with Crippen molar-refractivity contribution in [3.8, 4) is 0 Å². The van der Waals surface area contributed by atoms with Crippen molar-refractivity contribution in [3.63, 3.8) is 0 Å². The molecule has 1 aliphatic heterocycles. The number of rotatable bonds is 5. The van der Waals surface area contributed by atoms with Crippen LogP contribution in [-0.2, 0) is 14.3 Å². The minimum Gasteiger partial charge on any atom is -0.372 e. The maximum atomic E-state index is 11.9. The van der Waals surface area contributed by atoms with E-state index in [-0.39, 0.29) is 24.8 Å². The van der Waals surface area contributed by atoms with E-state index < -0.39 is 18.8 Å². The van der Waals surface area contributed by atoms with Crippen LogP contribution in [-0.4, -0.2) is 68.8 Å². The fourth-order valence-corrected chi connectivity index (χ4v) is 1.89. The van der Waals surface area contributed by atoms with Crippen molar-refractivity contribution in [2.45, 2.75) is 18.6 Å². The van der Waals surface area contributed by atoms with Crippen LogP contribution < -0.4 is 10.6 Å². The lowest BCUT2D eigenvalue weighted by Gasteiger charge is -2.35. The molecule has 1 atom stereocenters. The Morgan fingerprint density at radius 2 is 2.15 bits per heavy atom. The Kier molecular flexibility index (Phi) is 6.21. The summed E-state index contributed by atoms with van der Waals surface area (Å²) in [7, 11) is 1.46. The average Bonchev–Trinajstić information content (AvgIpc) is 2.41. The highest BCUT2D eigenvalue weighted by molar-refractivity contribution is 5.88. The van der Waals surface area contributed by atoms with Gasteiger partial charge in [0.05, 0.1) is 13.0 Å². The zero-order valence-electron chi connectivity index (χ0n) is 11.1. The van der Waals surface area contributed by atoms with E-state index in [0.717, 1.165) is 0 Å². The third-order valence-electron chi connectivity index (χ3n) is 2.84. The fourth-order valence-electron chi connectivity index (χ4n) is 1.89. The van der Waals surface area contributed by atoms with E-state index in [1.165, 1.54) is 11.9 Å². The second kappa shape index (κ2) is 7.44. The molecule has 0 aliphatic carbocycles. The van der Waals surface area contributed by atoms with Crippen LogP contribution in [0.5, 0.6) is 0 Å². The van der Waals surface area contributed by atoms with Crippen LogP contribution in [0.15, 0.2) is 0 Å². The SMILES string of the molecule is CNC(=O)C1CNCCN1C(=O)CCOCC(F)(F)F. The van der Waals surface area contributed by atoms with Crippen molar-refractivity contribution < 1.29 is 27.5 Å². The quantitative estimate of drug-likeness (QED) is 0.671. The molecule has 2 N–H and O–H groups in total. The van der Waals surface area contributed by atoms with Crippen LogP contribution in [0.2, 0.25) is 0 Å². The van der Waals surface area contributed by atoms with Gasteiger partial charge in [-0.1, -0.05) is 0 Å². The van der Waals surface area contributed by atoms with Crippen molar-refractivity contribution in [2.75, 3.05) is 39.9 Å². The molecule has 9 heteroatoms. The molecule has 1 saturated heterocycles. The lowest BCUT2D eigenvalue weighted by molar-refractivity contribution is -0.175. The number of hydrogen-bond acceptors (Lipinski definition) is 4. The van der Waals surface area contributed by atoms with Gasteiger partial charge in [-0.2, -0.15) is 13.2 Å². The molecule has 0 spiro atoms. The van der Waals surface area contributed by atoms with Gasteiger partial charge in [-0.3, -0.25) is 9.59 Å². The molecule has 6 nitrogen and oxygen atoms in total. The van der Waals surface area contributed by atoms with E-state index in [1.54, 1.807) is 0 Å². The predicted octanol–water partition coefficient (Wildman–Crippen LogP) is -0.498. The molecule has 116 valence electrons. The zero-order chi connectivity index (χ0) is 15.2. The first-order valence-corrected chi connectivity index (χ1v) is 6.21. The average molecular weight is 297 g/mol. The van der Waals surface area contributed by atoms with Gasteiger partial charge in [-0.25, -0.2) is 0 Å². The number of ether oxygens (including phenoxy) is 1. The van der Waals surface area contributed by atoms with Gasteiger partial charge in [0, 0.05) is 26.7 Å². The smallest absolute Gasteiger partial charge is 0.372 e. The van der Waals surface area contributed by atoms with Crippen LogP contribution in [0.3, 0.4) is 0 Å². The van der Waals surface area contributed by atoms with Gasteiger partial charge in [0.2, 0.25) is 11.8 Å². The molecule has 1 heterocycles. The minimum atomic E-state index is -4.40. The molecule has 0 aromatic carbocycles. The summed E-state index contributed by atoms with van der Waals surface area (Å²) < 4.78 is 40.0. The highest BCUT2D eigenvalue weighted by atomic mass is 19.4. The number of likely N-dealkylation sites (N-methyl/N-ethyl adjacent to an activating group) is 1. The zero-order valence-corrected chi connectivity index (χ0v) is 11.1. The topological polar surface area (TPSA) is 70.7 Å². The van der Waals surface area contributed by atoms with Crippen molar-refractivity contribution in [3.05, 3.63) is 0 Å². The first kappa shape index (κ1) is 16.7. The summed E-state index contributed by atoms with van der Waals surface area (Å²) in [6.45, 7) is -0.475. The van der Waals surface area contributed by atoms with Crippen LogP contribution >= 0.6 is 0 Å². The number of carbonyl (C=O) groups is 2. The van der Waals surface area contributed by atoms with Gasteiger partial charge in [-0.05, 0) is 0 Å². The summed E-state index contributed by atoms with van der Waals surface area (Å²) >= 11 is 0. The molecule has 0 aromatic rings. The minimum absolute atomic E-state index is 0.177. The number of hydrogen-bond donors (Lipinski definition) is 2. The lowest BCUT2D eigenvalue weighted by Crippen LogP contribution is -2.59. The van der Waals surface area contributed by atoms with E-state index in [1.807, 2.05) is 0 Å². The second-order valence-electron chi connectivity index (χ2n) is 4.34. The van der Waals surface area contributed by atoms with Gasteiger partial charge < -0.3 is 20.3 Å². The Morgan fingerprint density at radius 3 is 2.75 bits per heavy atom. The molecule has 1 unspecified atom stereocenters. The van der Waals surface area contributed by atoms with Crippen LogP contribution in [0.4, 0.5) is 13.2 Å². The monoisotopic (exact) mass is 297 g/mol. The van der Waals surface area contributed by atoms with Gasteiger partial charge >= 0.3 is 6.18 Å². The summed E-state index contributed by atoms with van der Waals surface area (Å²) in [5.41, 5.74) is 0. The summed E-state index contributed by atoms with van der Waals surface area (Å²) in [6, 6.07) is -0.635. The number of amides is 2. The molecule has 1 aliphatic rings. The van der Waals surface area contributed by atoms with E-state index in [9.17, 15) is 22.8 Å². The van der Waals surface area contributed by atoms with Gasteiger partial charge in [0.25, 0.3) is 0 Å². The third-order valence-corrected chi connectivity index (χ3v) is 2.84. The Balaban J connectivity index is 2.42. The Bertz CT molecular complexity index is 350. The van der Waals surface area contributed by atoms with E-state index in [2.05, 4.69) is 15.4 Å². The summed E-state index contributed by atoms with van der Waals surface area (Å²) in [5, 5.41) is 5.44. The van der Waals surface area contributed by atoms with Crippen LogP contribution in [0, 0.1) is 0 Å². The summed E-state index contributed by atoms with van der Waals surface area (Å²) in [5.74, 6) is -0.691. The largest absolute Gasteiger partial charge is 0.411 e. The predicted molar refractivity (Wildman–Crippen MR) is 63.9 cm³/mol. The van der Waals surface area contributed by atoms with Gasteiger partial charge in [-0.15, -0.1) is 0 Å². The Labute approximate surface area is 114 Å². The molecule has 0 aromatic heterocycles. The van der Waals surface area contributed by atoms with E-state index >= 15 is 0 Å². The molecule has 0 saturated carbocycles. The highest BCUT2D eigenvalue weighted by Crippen LogP contribution is 2.14. The van der Waals surface area contributed by atoms with Crippen molar-refractivity contribution in [1.29, 1.82) is 0 Å². The summed E-state index contributed by atoms with van der Waals surface area (Å²) in [6.07, 6.45) is -4.58. The Morgan fingerprint density at radius 1 is 1.45 bits per heavy atom. The molecule has 20 heavy (non-hydrogen) atoms.